The quantitative estimate of drug-likeness (QED) is 0.806. The lowest BCUT2D eigenvalue weighted by molar-refractivity contribution is 0.499. The molecule has 0 fully saturated rings. The van der Waals surface area contributed by atoms with Crippen LogP contribution in [0.2, 0.25) is 5.22 Å². The molecule has 0 aliphatic rings. The first-order valence-corrected chi connectivity index (χ1v) is 5.72. The molecule has 4 nitrogen and oxygen atoms in total. The van der Waals surface area contributed by atoms with Crippen LogP contribution >= 0.6 is 27.5 Å². The lowest BCUT2D eigenvalue weighted by atomic mass is 10.3. The molecule has 1 unspecified atom stereocenters. The maximum Gasteiger partial charge on any atom is 0.252 e. The summed E-state index contributed by atoms with van der Waals surface area (Å²) in [6.07, 6.45) is 2.35. The summed E-state index contributed by atoms with van der Waals surface area (Å²) in [7, 11) is 0. The van der Waals surface area contributed by atoms with Gasteiger partial charge in [-0.25, -0.2) is 0 Å². The molecule has 0 aliphatic carbocycles. The molecule has 80 valence electrons. The molecule has 2 heterocycles. The molecular formula is C9H8BrClN2O2. The summed E-state index contributed by atoms with van der Waals surface area (Å²) in [5.74, 6) is 0.923. The Kier molecular flexibility index (Phi) is 3.11. The smallest absolute Gasteiger partial charge is 0.252 e. The first-order chi connectivity index (χ1) is 7.22. The molecule has 0 saturated heterocycles. The first-order valence-electron chi connectivity index (χ1n) is 4.43. The Morgan fingerprint density at radius 2 is 2.33 bits per heavy atom. The SMILES string of the molecule is CCC(Br)c1nnc(-c2ccoc2Cl)o1. The van der Waals surface area contributed by atoms with Crippen molar-refractivity contribution in [2.45, 2.75) is 18.2 Å². The third-order valence-electron chi connectivity index (χ3n) is 1.92. The van der Waals surface area contributed by atoms with Crippen molar-refractivity contribution >= 4 is 27.5 Å². The molecule has 0 saturated carbocycles. The van der Waals surface area contributed by atoms with Crippen molar-refractivity contribution in [1.82, 2.24) is 10.2 Å². The average Bonchev–Trinajstić information content (AvgIpc) is 2.84. The number of hydrogen-bond donors (Lipinski definition) is 0. The highest BCUT2D eigenvalue weighted by Crippen LogP contribution is 2.31. The van der Waals surface area contributed by atoms with Gasteiger partial charge in [0, 0.05) is 0 Å². The highest BCUT2D eigenvalue weighted by molar-refractivity contribution is 9.09. The van der Waals surface area contributed by atoms with Crippen molar-refractivity contribution in [3.05, 3.63) is 23.4 Å². The van der Waals surface area contributed by atoms with Gasteiger partial charge in [0.15, 0.2) is 0 Å². The monoisotopic (exact) mass is 290 g/mol. The molecule has 0 bridgehead atoms. The molecule has 0 amide bonds. The van der Waals surface area contributed by atoms with Crippen molar-refractivity contribution in [2.24, 2.45) is 0 Å². The lowest BCUT2D eigenvalue weighted by Gasteiger charge is -1.97. The molecule has 0 spiro atoms. The molecule has 15 heavy (non-hydrogen) atoms. The number of alkyl halides is 1. The standard InChI is InChI=1S/C9H8BrClN2O2/c1-2-6(10)9-13-12-8(15-9)5-3-4-14-7(5)11/h3-4,6H,2H2,1H3. The van der Waals surface area contributed by atoms with E-state index in [1.54, 1.807) is 6.07 Å². The summed E-state index contributed by atoms with van der Waals surface area (Å²) in [5.41, 5.74) is 0.617. The van der Waals surface area contributed by atoms with Crippen molar-refractivity contribution in [2.75, 3.05) is 0 Å². The van der Waals surface area contributed by atoms with Gasteiger partial charge in [0.1, 0.15) is 0 Å². The Balaban J connectivity index is 2.32. The third-order valence-corrected chi connectivity index (χ3v) is 3.25. The molecule has 0 aromatic carbocycles. The van der Waals surface area contributed by atoms with E-state index < -0.39 is 0 Å². The normalized spacial score (nSPS) is 13.0. The van der Waals surface area contributed by atoms with E-state index in [0.29, 0.717) is 17.3 Å². The minimum atomic E-state index is 0.0735. The molecular weight excluding hydrogens is 283 g/mol. The van der Waals surface area contributed by atoms with Gasteiger partial charge in [-0.3, -0.25) is 0 Å². The van der Waals surface area contributed by atoms with Crippen LogP contribution in [0, 0.1) is 0 Å². The topological polar surface area (TPSA) is 52.1 Å². The highest BCUT2D eigenvalue weighted by Gasteiger charge is 2.17. The second kappa shape index (κ2) is 4.37. The summed E-state index contributed by atoms with van der Waals surface area (Å²) in [4.78, 5) is 0.0735. The maximum absolute atomic E-state index is 5.79. The Morgan fingerprint density at radius 3 is 2.93 bits per heavy atom. The zero-order valence-electron chi connectivity index (χ0n) is 7.91. The molecule has 2 aromatic heterocycles. The van der Waals surface area contributed by atoms with Gasteiger partial charge in [-0.1, -0.05) is 22.9 Å². The summed E-state index contributed by atoms with van der Waals surface area (Å²) >= 11 is 9.22. The van der Waals surface area contributed by atoms with Gasteiger partial charge in [-0.05, 0) is 24.1 Å². The van der Waals surface area contributed by atoms with E-state index in [2.05, 4.69) is 26.1 Å². The number of halogens is 2. The van der Waals surface area contributed by atoms with Crippen molar-refractivity contribution < 1.29 is 8.83 Å². The van der Waals surface area contributed by atoms with Crippen molar-refractivity contribution in [3.8, 4) is 11.5 Å². The summed E-state index contributed by atoms with van der Waals surface area (Å²) in [6, 6.07) is 1.69. The zero-order valence-corrected chi connectivity index (χ0v) is 10.2. The fourth-order valence-electron chi connectivity index (χ4n) is 1.09. The van der Waals surface area contributed by atoms with Gasteiger partial charge in [-0.15, -0.1) is 10.2 Å². The second-order valence-corrected chi connectivity index (χ2v) is 4.38. The van der Waals surface area contributed by atoms with E-state index in [4.69, 9.17) is 20.4 Å². The number of nitrogens with zero attached hydrogens (tertiary/aromatic N) is 2. The predicted octanol–water partition coefficient (Wildman–Crippen LogP) is 3.83. The van der Waals surface area contributed by atoms with Crippen LogP contribution in [0.15, 0.2) is 21.2 Å². The second-order valence-electron chi connectivity index (χ2n) is 2.93. The number of hydrogen-bond acceptors (Lipinski definition) is 4. The number of aromatic nitrogens is 2. The van der Waals surface area contributed by atoms with Crippen molar-refractivity contribution in [1.29, 1.82) is 0 Å². The fourth-order valence-corrected chi connectivity index (χ4v) is 1.47. The largest absolute Gasteiger partial charge is 0.452 e. The van der Waals surface area contributed by atoms with Gasteiger partial charge < -0.3 is 8.83 Å². The van der Waals surface area contributed by atoms with Crippen LogP contribution in [0.3, 0.4) is 0 Å². The Labute approximate surface area is 99.8 Å². The summed E-state index contributed by atoms with van der Waals surface area (Å²) in [5, 5.41) is 8.07. The van der Waals surface area contributed by atoms with Crippen LogP contribution in [0.1, 0.15) is 24.1 Å². The van der Waals surface area contributed by atoms with Gasteiger partial charge in [0.05, 0.1) is 16.7 Å². The van der Waals surface area contributed by atoms with E-state index in [9.17, 15) is 0 Å². The van der Waals surface area contributed by atoms with E-state index in [0.717, 1.165) is 6.42 Å². The third kappa shape index (κ3) is 2.08. The van der Waals surface area contributed by atoms with Gasteiger partial charge in [0.25, 0.3) is 5.89 Å². The maximum atomic E-state index is 5.79. The molecule has 2 rings (SSSR count). The average molecular weight is 292 g/mol. The zero-order chi connectivity index (χ0) is 10.8. The van der Waals surface area contributed by atoms with Crippen LogP contribution in [0.5, 0.6) is 0 Å². The van der Waals surface area contributed by atoms with E-state index in [1.807, 2.05) is 6.92 Å². The summed E-state index contributed by atoms with van der Waals surface area (Å²) in [6.45, 7) is 2.02. The van der Waals surface area contributed by atoms with Crippen LogP contribution in [0.25, 0.3) is 11.5 Å². The van der Waals surface area contributed by atoms with Crippen LogP contribution in [-0.2, 0) is 0 Å². The fraction of sp³-hybridized carbons (Fsp3) is 0.333. The summed E-state index contributed by atoms with van der Waals surface area (Å²) < 4.78 is 10.4. The molecule has 2 aromatic rings. The molecule has 0 aliphatic heterocycles. The van der Waals surface area contributed by atoms with Crippen LogP contribution in [-0.4, -0.2) is 10.2 Å². The van der Waals surface area contributed by atoms with E-state index in [1.165, 1.54) is 6.26 Å². The van der Waals surface area contributed by atoms with Crippen molar-refractivity contribution in [3.63, 3.8) is 0 Å². The minimum Gasteiger partial charge on any atom is -0.452 e. The predicted molar refractivity (Wildman–Crippen MR) is 59.0 cm³/mol. The Morgan fingerprint density at radius 1 is 1.53 bits per heavy atom. The van der Waals surface area contributed by atoms with E-state index >= 15 is 0 Å². The molecule has 0 radical (unpaired) electrons. The minimum absolute atomic E-state index is 0.0735. The van der Waals surface area contributed by atoms with Gasteiger partial charge >= 0.3 is 0 Å². The Bertz CT molecular complexity index is 454. The van der Waals surface area contributed by atoms with E-state index in [-0.39, 0.29) is 10.0 Å². The van der Waals surface area contributed by atoms with Crippen LogP contribution < -0.4 is 0 Å². The van der Waals surface area contributed by atoms with Crippen LogP contribution in [0.4, 0.5) is 0 Å². The lowest BCUT2D eigenvalue weighted by Crippen LogP contribution is -1.86. The number of rotatable bonds is 3. The first kappa shape index (κ1) is 10.7. The Hall–Kier alpha value is -0.810. The molecule has 6 heteroatoms. The molecule has 0 N–H and O–H groups in total. The van der Waals surface area contributed by atoms with Gasteiger partial charge in [0.2, 0.25) is 11.1 Å². The highest BCUT2D eigenvalue weighted by atomic mass is 79.9. The molecule has 1 atom stereocenters. The number of furan rings is 1. The van der Waals surface area contributed by atoms with Gasteiger partial charge in [-0.2, -0.15) is 0 Å².